The number of amides is 1. The highest BCUT2D eigenvalue weighted by Crippen LogP contribution is 2.05. The van der Waals surface area contributed by atoms with Gasteiger partial charge in [0.05, 0.1) is 5.54 Å². The van der Waals surface area contributed by atoms with Crippen molar-refractivity contribution in [1.29, 1.82) is 0 Å². The Hall–Kier alpha value is -1.10. The number of rotatable bonds is 5. The minimum atomic E-state index is -1.03. The summed E-state index contributed by atoms with van der Waals surface area (Å²) < 4.78 is 0. The first-order valence-electron chi connectivity index (χ1n) is 4.67. The van der Waals surface area contributed by atoms with Gasteiger partial charge in [0.25, 0.3) is 0 Å². The topological polar surface area (TPSA) is 92.4 Å². The second-order valence-corrected chi connectivity index (χ2v) is 3.54. The first-order valence-corrected chi connectivity index (χ1v) is 4.67. The fourth-order valence-electron chi connectivity index (χ4n) is 0.822. The van der Waals surface area contributed by atoms with E-state index in [2.05, 4.69) is 5.32 Å². The van der Waals surface area contributed by atoms with Crippen LogP contribution in [-0.2, 0) is 9.59 Å². The van der Waals surface area contributed by atoms with E-state index in [-0.39, 0.29) is 0 Å². The van der Waals surface area contributed by atoms with Gasteiger partial charge in [0.1, 0.15) is 6.04 Å². The monoisotopic (exact) mass is 202 g/mol. The van der Waals surface area contributed by atoms with E-state index in [0.717, 1.165) is 0 Å². The molecule has 0 spiro atoms. The minimum Gasteiger partial charge on any atom is -0.480 e. The number of carbonyl (C=O) groups excluding carboxylic acids is 1. The largest absolute Gasteiger partial charge is 0.480 e. The second-order valence-electron chi connectivity index (χ2n) is 3.54. The van der Waals surface area contributed by atoms with E-state index in [1.54, 1.807) is 20.8 Å². The summed E-state index contributed by atoms with van der Waals surface area (Å²) in [5, 5.41) is 11.1. The molecule has 0 aromatic rings. The fourth-order valence-corrected chi connectivity index (χ4v) is 0.822. The summed E-state index contributed by atoms with van der Waals surface area (Å²) in [7, 11) is 0. The van der Waals surface area contributed by atoms with Crippen LogP contribution in [0.2, 0.25) is 0 Å². The summed E-state index contributed by atoms with van der Waals surface area (Å²) in [5.41, 5.74) is 4.66. The van der Waals surface area contributed by atoms with E-state index in [1.807, 2.05) is 0 Å². The number of carboxylic acid groups (broad SMARTS) is 1. The Morgan fingerprint density at radius 2 is 2.00 bits per heavy atom. The molecule has 0 radical (unpaired) electrons. The van der Waals surface area contributed by atoms with Crippen molar-refractivity contribution in [3.8, 4) is 0 Å². The lowest BCUT2D eigenvalue weighted by atomic mass is 9.99. The van der Waals surface area contributed by atoms with Crippen molar-refractivity contribution in [2.75, 3.05) is 0 Å². The second kappa shape index (κ2) is 4.95. The lowest BCUT2D eigenvalue weighted by molar-refractivity contribution is -0.142. The standard InChI is InChI=1S/C9H18N2O3/c1-4-6(7(12)13)11-8(14)9(3,10)5-2/h6H,4-5,10H2,1-3H3,(H,11,14)(H,12,13)/t6-,9?/m1/s1. The van der Waals surface area contributed by atoms with E-state index in [9.17, 15) is 9.59 Å². The zero-order valence-corrected chi connectivity index (χ0v) is 8.83. The number of carbonyl (C=O) groups is 2. The van der Waals surface area contributed by atoms with Crippen LogP contribution in [0.25, 0.3) is 0 Å². The highest BCUT2D eigenvalue weighted by Gasteiger charge is 2.29. The molecule has 1 unspecified atom stereocenters. The molecule has 0 aliphatic heterocycles. The van der Waals surface area contributed by atoms with Crippen molar-refractivity contribution in [2.24, 2.45) is 5.73 Å². The molecule has 4 N–H and O–H groups in total. The van der Waals surface area contributed by atoms with Crippen molar-refractivity contribution in [1.82, 2.24) is 5.32 Å². The van der Waals surface area contributed by atoms with Crippen molar-refractivity contribution in [3.05, 3.63) is 0 Å². The van der Waals surface area contributed by atoms with Crippen molar-refractivity contribution < 1.29 is 14.7 Å². The molecule has 0 heterocycles. The molecule has 0 aliphatic carbocycles. The first-order chi connectivity index (χ1) is 6.35. The molecule has 0 saturated carbocycles. The molecule has 5 nitrogen and oxygen atoms in total. The van der Waals surface area contributed by atoms with Gasteiger partial charge >= 0.3 is 5.97 Å². The average molecular weight is 202 g/mol. The third-order valence-electron chi connectivity index (χ3n) is 2.26. The predicted octanol–water partition coefficient (Wildman–Crippen LogP) is 0.0932. The Kier molecular flexibility index (Phi) is 4.56. The van der Waals surface area contributed by atoms with Crippen LogP contribution in [0.15, 0.2) is 0 Å². The molecule has 0 rings (SSSR count). The van der Waals surface area contributed by atoms with Gasteiger partial charge in [-0.15, -0.1) is 0 Å². The lowest BCUT2D eigenvalue weighted by Crippen LogP contribution is -2.55. The number of hydrogen-bond donors (Lipinski definition) is 3. The van der Waals surface area contributed by atoms with Crippen LogP contribution in [0.3, 0.4) is 0 Å². The molecule has 82 valence electrons. The Balaban J connectivity index is 4.37. The van der Waals surface area contributed by atoms with Crippen molar-refractivity contribution >= 4 is 11.9 Å². The number of hydrogen-bond acceptors (Lipinski definition) is 3. The van der Waals surface area contributed by atoms with Crippen molar-refractivity contribution in [2.45, 2.75) is 45.2 Å². The zero-order valence-electron chi connectivity index (χ0n) is 8.83. The van der Waals surface area contributed by atoms with Crippen LogP contribution in [-0.4, -0.2) is 28.6 Å². The van der Waals surface area contributed by atoms with Gasteiger partial charge in [-0.1, -0.05) is 13.8 Å². The highest BCUT2D eigenvalue weighted by atomic mass is 16.4. The Morgan fingerprint density at radius 1 is 1.50 bits per heavy atom. The molecule has 5 heteroatoms. The molecule has 1 amide bonds. The van der Waals surface area contributed by atoms with Gasteiger partial charge in [-0.25, -0.2) is 4.79 Å². The first kappa shape index (κ1) is 12.9. The zero-order chi connectivity index (χ0) is 11.4. The number of aliphatic carboxylic acids is 1. The van der Waals surface area contributed by atoms with E-state index in [0.29, 0.717) is 12.8 Å². The molecule has 0 saturated heterocycles. The summed E-state index contributed by atoms with van der Waals surface area (Å²) in [5.74, 6) is -1.46. The molecule has 0 fully saturated rings. The van der Waals surface area contributed by atoms with E-state index >= 15 is 0 Å². The number of carboxylic acids is 1. The molecular weight excluding hydrogens is 184 g/mol. The highest BCUT2D eigenvalue weighted by molar-refractivity contribution is 5.89. The van der Waals surface area contributed by atoms with Gasteiger partial charge in [0.15, 0.2) is 0 Å². The SMILES string of the molecule is CC[C@@H](NC(=O)C(C)(N)CC)C(=O)O. The van der Waals surface area contributed by atoms with Crippen LogP contribution in [0.5, 0.6) is 0 Å². The molecule has 0 aromatic carbocycles. The van der Waals surface area contributed by atoms with Gasteiger partial charge < -0.3 is 16.2 Å². The molecule has 2 atom stereocenters. The van der Waals surface area contributed by atoms with Gasteiger partial charge in [-0.05, 0) is 19.8 Å². The van der Waals surface area contributed by atoms with Gasteiger partial charge in [0.2, 0.25) is 5.91 Å². The van der Waals surface area contributed by atoms with Crippen LogP contribution in [0.1, 0.15) is 33.6 Å². The van der Waals surface area contributed by atoms with Crippen LogP contribution in [0.4, 0.5) is 0 Å². The number of nitrogens with one attached hydrogen (secondary N) is 1. The lowest BCUT2D eigenvalue weighted by Gasteiger charge is -2.23. The fraction of sp³-hybridized carbons (Fsp3) is 0.778. The molecule has 0 bridgehead atoms. The third kappa shape index (κ3) is 3.33. The summed E-state index contributed by atoms with van der Waals surface area (Å²) >= 11 is 0. The van der Waals surface area contributed by atoms with E-state index in [4.69, 9.17) is 10.8 Å². The average Bonchev–Trinajstić information content (AvgIpc) is 2.12. The third-order valence-corrected chi connectivity index (χ3v) is 2.26. The molecule has 14 heavy (non-hydrogen) atoms. The van der Waals surface area contributed by atoms with Crippen LogP contribution in [0, 0.1) is 0 Å². The van der Waals surface area contributed by atoms with Gasteiger partial charge in [0, 0.05) is 0 Å². The van der Waals surface area contributed by atoms with Crippen LogP contribution >= 0.6 is 0 Å². The summed E-state index contributed by atoms with van der Waals surface area (Å²) in [6.45, 7) is 5.05. The van der Waals surface area contributed by atoms with E-state index < -0.39 is 23.5 Å². The molecule has 0 aliphatic rings. The Bertz CT molecular complexity index is 226. The summed E-state index contributed by atoms with van der Waals surface area (Å²) in [6.07, 6.45) is 0.815. The maximum absolute atomic E-state index is 11.5. The normalized spacial score (nSPS) is 16.9. The maximum atomic E-state index is 11.5. The summed E-state index contributed by atoms with van der Waals surface area (Å²) in [6, 6.07) is -0.850. The van der Waals surface area contributed by atoms with Gasteiger partial charge in [-0.2, -0.15) is 0 Å². The van der Waals surface area contributed by atoms with Gasteiger partial charge in [-0.3, -0.25) is 4.79 Å². The Labute approximate surface area is 83.7 Å². The Morgan fingerprint density at radius 3 is 2.29 bits per heavy atom. The predicted molar refractivity (Wildman–Crippen MR) is 52.7 cm³/mol. The summed E-state index contributed by atoms with van der Waals surface area (Å²) in [4.78, 5) is 22.1. The maximum Gasteiger partial charge on any atom is 0.326 e. The number of nitrogens with two attached hydrogens (primary N) is 1. The molecule has 0 aromatic heterocycles. The molecular formula is C9H18N2O3. The minimum absolute atomic E-state index is 0.348. The van der Waals surface area contributed by atoms with Crippen molar-refractivity contribution in [3.63, 3.8) is 0 Å². The smallest absolute Gasteiger partial charge is 0.326 e. The van der Waals surface area contributed by atoms with Crippen LogP contribution < -0.4 is 11.1 Å². The quantitative estimate of drug-likeness (QED) is 0.589. The van der Waals surface area contributed by atoms with E-state index in [1.165, 1.54) is 0 Å².